The predicted molar refractivity (Wildman–Crippen MR) is 87.1 cm³/mol. The third-order valence-electron chi connectivity index (χ3n) is 3.83. The van der Waals surface area contributed by atoms with Crippen LogP contribution in [0.5, 0.6) is 0 Å². The van der Waals surface area contributed by atoms with Crippen LogP contribution in [0.2, 0.25) is 0 Å². The number of aromatic nitrogens is 1. The Morgan fingerprint density at radius 2 is 1.84 bits per heavy atom. The molecule has 0 unspecified atom stereocenters. The van der Waals surface area contributed by atoms with Crippen LogP contribution in [0.1, 0.15) is 18.4 Å². The summed E-state index contributed by atoms with van der Waals surface area (Å²) in [4.78, 5) is 37.0. The van der Waals surface area contributed by atoms with Crippen LogP contribution in [0, 0.1) is 0 Å². The fourth-order valence-corrected chi connectivity index (χ4v) is 2.51. The Hall–Kier alpha value is -2.91. The van der Waals surface area contributed by atoms with Crippen molar-refractivity contribution in [2.24, 2.45) is 0 Å². The van der Waals surface area contributed by atoms with Crippen LogP contribution in [0.3, 0.4) is 0 Å². The van der Waals surface area contributed by atoms with E-state index in [-0.39, 0.29) is 12.8 Å². The number of H-pyrrole nitrogens is 1. The molecule has 1 aromatic heterocycles. The first kappa shape index (κ1) is 18.4. The second-order valence-corrected chi connectivity index (χ2v) is 5.58. The maximum Gasteiger partial charge on any atom is 0.326 e. The average molecular weight is 349 g/mol. The van der Waals surface area contributed by atoms with Crippen molar-refractivity contribution in [1.29, 1.82) is 0 Å². The van der Waals surface area contributed by atoms with Crippen molar-refractivity contribution < 1.29 is 29.8 Å². The minimum atomic E-state index is -1.34. The van der Waals surface area contributed by atoms with Crippen LogP contribution < -0.4 is 10.8 Å². The Morgan fingerprint density at radius 3 is 2.48 bits per heavy atom. The number of aromatic amines is 1. The number of hydroxylamine groups is 1. The lowest BCUT2D eigenvalue weighted by molar-refractivity contribution is -0.143. The summed E-state index contributed by atoms with van der Waals surface area (Å²) in [6.07, 6.45) is 1.19. The van der Waals surface area contributed by atoms with E-state index in [4.69, 9.17) is 10.2 Å². The van der Waals surface area contributed by atoms with Gasteiger partial charge in [0, 0.05) is 29.9 Å². The van der Waals surface area contributed by atoms with Gasteiger partial charge >= 0.3 is 11.9 Å². The first-order chi connectivity index (χ1) is 11.9. The molecular weight excluding hydrogens is 330 g/mol. The summed E-state index contributed by atoms with van der Waals surface area (Å²) < 4.78 is 0. The lowest BCUT2D eigenvalue weighted by Gasteiger charge is -2.19. The van der Waals surface area contributed by atoms with Gasteiger partial charge in [0.1, 0.15) is 12.1 Å². The number of amides is 1. The number of carboxylic acid groups (broad SMARTS) is 2. The molecule has 1 aromatic carbocycles. The highest BCUT2D eigenvalue weighted by atomic mass is 16.5. The molecule has 0 saturated carbocycles. The molecule has 0 radical (unpaired) electrons. The fraction of sp³-hybridized carbons (Fsp3) is 0.312. The van der Waals surface area contributed by atoms with E-state index in [1.54, 1.807) is 6.20 Å². The molecule has 0 aliphatic rings. The summed E-state index contributed by atoms with van der Waals surface area (Å²) in [6, 6.07) is 5.01. The molecule has 1 amide bonds. The van der Waals surface area contributed by atoms with Gasteiger partial charge in [0.05, 0.1) is 0 Å². The van der Waals surface area contributed by atoms with Crippen LogP contribution in [-0.2, 0) is 20.8 Å². The van der Waals surface area contributed by atoms with Crippen molar-refractivity contribution in [3.8, 4) is 0 Å². The standard InChI is InChI=1S/C16H19N3O6/c20-14(21)6-5-12(16(23)24)18-15(22)13(19-25)7-9-8-17-11-4-2-1-3-10(9)11/h1-4,8,12-13,17,19,25H,5-7H2,(H,18,22)(H,20,21)(H,23,24)/t12-,13-/m0/s1. The quantitative estimate of drug-likeness (QED) is 0.360. The summed E-state index contributed by atoms with van der Waals surface area (Å²) in [5.41, 5.74) is 3.53. The Morgan fingerprint density at radius 1 is 1.12 bits per heavy atom. The summed E-state index contributed by atoms with van der Waals surface area (Å²) in [7, 11) is 0. The Kier molecular flexibility index (Phi) is 6.09. The van der Waals surface area contributed by atoms with Gasteiger partial charge in [-0.25, -0.2) is 4.79 Å². The number of aliphatic carboxylic acids is 2. The summed E-state index contributed by atoms with van der Waals surface area (Å²) in [6.45, 7) is 0. The highest BCUT2D eigenvalue weighted by Crippen LogP contribution is 2.19. The number of hydrogen-bond acceptors (Lipinski definition) is 5. The van der Waals surface area contributed by atoms with Crippen molar-refractivity contribution in [3.63, 3.8) is 0 Å². The Labute approximate surface area is 142 Å². The van der Waals surface area contributed by atoms with Crippen molar-refractivity contribution in [2.45, 2.75) is 31.3 Å². The molecule has 0 spiro atoms. The van der Waals surface area contributed by atoms with Gasteiger partial charge < -0.3 is 25.7 Å². The highest BCUT2D eigenvalue weighted by molar-refractivity contribution is 5.89. The van der Waals surface area contributed by atoms with Crippen molar-refractivity contribution in [1.82, 2.24) is 15.8 Å². The zero-order valence-corrected chi connectivity index (χ0v) is 13.2. The van der Waals surface area contributed by atoms with E-state index >= 15 is 0 Å². The zero-order valence-electron chi connectivity index (χ0n) is 13.2. The lowest BCUT2D eigenvalue weighted by Crippen LogP contribution is -2.50. The largest absolute Gasteiger partial charge is 0.481 e. The first-order valence-electron chi connectivity index (χ1n) is 7.62. The molecule has 134 valence electrons. The van der Waals surface area contributed by atoms with E-state index in [0.29, 0.717) is 0 Å². The molecule has 6 N–H and O–H groups in total. The van der Waals surface area contributed by atoms with Gasteiger partial charge in [0.25, 0.3) is 0 Å². The highest BCUT2D eigenvalue weighted by Gasteiger charge is 2.26. The van der Waals surface area contributed by atoms with Crippen LogP contribution in [0.25, 0.3) is 10.9 Å². The number of benzene rings is 1. The van der Waals surface area contributed by atoms with Crippen LogP contribution in [0.15, 0.2) is 30.5 Å². The predicted octanol–water partition coefficient (Wildman–Crippen LogP) is 0.492. The normalized spacial score (nSPS) is 13.3. The number of para-hydroxylation sites is 1. The number of fused-ring (bicyclic) bond motifs is 1. The van der Waals surface area contributed by atoms with Gasteiger partial charge in [-0.15, -0.1) is 0 Å². The smallest absolute Gasteiger partial charge is 0.326 e. The zero-order chi connectivity index (χ0) is 18.4. The minimum absolute atomic E-state index is 0.123. The molecule has 2 aromatic rings. The number of rotatable bonds is 9. The van der Waals surface area contributed by atoms with Crippen molar-refractivity contribution >= 4 is 28.7 Å². The number of carbonyl (C=O) groups excluding carboxylic acids is 1. The number of hydrogen-bond donors (Lipinski definition) is 6. The third kappa shape index (κ3) is 4.78. The van der Waals surface area contributed by atoms with Gasteiger partial charge in [-0.1, -0.05) is 18.2 Å². The van der Waals surface area contributed by atoms with Gasteiger partial charge in [0.2, 0.25) is 5.91 Å². The number of carbonyl (C=O) groups is 3. The molecule has 9 heteroatoms. The monoisotopic (exact) mass is 349 g/mol. The number of nitrogens with one attached hydrogen (secondary N) is 3. The van der Waals surface area contributed by atoms with Crippen LogP contribution >= 0.6 is 0 Å². The number of carboxylic acids is 2. The van der Waals surface area contributed by atoms with E-state index in [2.05, 4.69) is 10.3 Å². The molecular formula is C16H19N3O6. The molecule has 1 heterocycles. The second-order valence-electron chi connectivity index (χ2n) is 5.58. The summed E-state index contributed by atoms with van der Waals surface area (Å²) >= 11 is 0. The Balaban J connectivity index is 2.06. The van der Waals surface area contributed by atoms with Crippen LogP contribution in [0.4, 0.5) is 0 Å². The van der Waals surface area contributed by atoms with E-state index in [1.165, 1.54) is 0 Å². The molecule has 25 heavy (non-hydrogen) atoms. The lowest BCUT2D eigenvalue weighted by atomic mass is 10.0. The molecule has 9 nitrogen and oxygen atoms in total. The van der Waals surface area contributed by atoms with Gasteiger partial charge in [-0.05, 0) is 18.1 Å². The maximum atomic E-state index is 12.2. The SMILES string of the molecule is O=C(O)CC[C@H](NC(=O)[C@H](Cc1c[nH]c2ccccc12)NO)C(=O)O. The maximum absolute atomic E-state index is 12.2. The Bertz CT molecular complexity index is 772. The summed E-state index contributed by atoms with van der Waals surface area (Å²) in [5, 5.41) is 30.1. The van der Waals surface area contributed by atoms with E-state index < -0.39 is 36.4 Å². The van der Waals surface area contributed by atoms with E-state index in [0.717, 1.165) is 16.5 Å². The topological polar surface area (TPSA) is 152 Å². The minimum Gasteiger partial charge on any atom is -0.481 e. The van der Waals surface area contributed by atoms with E-state index in [1.807, 2.05) is 29.7 Å². The van der Waals surface area contributed by atoms with Crippen LogP contribution in [-0.4, -0.2) is 50.3 Å². The van der Waals surface area contributed by atoms with Gasteiger partial charge in [-0.2, -0.15) is 5.48 Å². The molecule has 0 fully saturated rings. The fourth-order valence-electron chi connectivity index (χ4n) is 2.51. The third-order valence-corrected chi connectivity index (χ3v) is 3.83. The summed E-state index contributed by atoms with van der Waals surface area (Å²) in [5.74, 6) is -3.22. The molecule has 2 atom stereocenters. The molecule has 2 rings (SSSR count). The average Bonchev–Trinajstić information content (AvgIpc) is 2.98. The molecule has 0 saturated heterocycles. The van der Waals surface area contributed by atoms with Gasteiger partial charge in [0.15, 0.2) is 0 Å². The van der Waals surface area contributed by atoms with E-state index in [9.17, 15) is 19.6 Å². The van der Waals surface area contributed by atoms with Crippen molar-refractivity contribution in [3.05, 3.63) is 36.0 Å². The second kappa shape index (κ2) is 8.27. The van der Waals surface area contributed by atoms with Crippen molar-refractivity contribution in [2.75, 3.05) is 0 Å². The molecule has 0 aliphatic heterocycles. The first-order valence-corrected chi connectivity index (χ1v) is 7.62. The van der Waals surface area contributed by atoms with Gasteiger partial charge in [-0.3, -0.25) is 9.59 Å². The molecule has 0 bridgehead atoms. The molecule has 0 aliphatic carbocycles.